The summed E-state index contributed by atoms with van der Waals surface area (Å²) < 4.78 is 5.49. The number of fused-ring (bicyclic) bond motifs is 2. The Morgan fingerprint density at radius 3 is 2.61 bits per heavy atom. The van der Waals surface area contributed by atoms with E-state index in [1.165, 1.54) is 22.1 Å². The van der Waals surface area contributed by atoms with Crippen LogP contribution in [0.2, 0.25) is 0 Å². The summed E-state index contributed by atoms with van der Waals surface area (Å²) in [6, 6.07) is 20.2. The Kier molecular flexibility index (Phi) is 6.45. The largest absolute Gasteiger partial charge is 0.444 e. The van der Waals surface area contributed by atoms with E-state index >= 15 is 0 Å². The number of hydrogen-bond acceptors (Lipinski definition) is 6. The van der Waals surface area contributed by atoms with E-state index in [1.54, 1.807) is 11.0 Å². The van der Waals surface area contributed by atoms with E-state index < -0.39 is 5.60 Å². The quantitative estimate of drug-likeness (QED) is 0.381. The first-order valence-electron chi connectivity index (χ1n) is 11.9. The fraction of sp³-hybridized carbons (Fsp3) is 0.286. The van der Waals surface area contributed by atoms with Gasteiger partial charge >= 0.3 is 6.09 Å². The fourth-order valence-electron chi connectivity index (χ4n) is 4.24. The molecule has 5 rings (SSSR count). The summed E-state index contributed by atoms with van der Waals surface area (Å²) in [5.74, 6) is -0.222. The van der Waals surface area contributed by atoms with Crippen molar-refractivity contribution in [3.05, 3.63) is 87.9 Å². The van der Waals surface area contributed by atoms with E-state index in [4.69, 9.17) is 4.74 Å². The van der Waals surface area contributed by atoms with Gasteiger partial charge in [0.2, 0.25) is 5.13 Å². The second kappa shape index (κ2) is 9.70. The molecule has 0 aliphatic carbocycles. The van der Waals surface area contributed by atoms with E-state index in [0.717, 1.165) is 21.7 Å². The number of carbonyl (C=O) groups excluding carboxylic acids is 2. The number of nitrogens with one attached hydrogen (secondary N) is 1. The van der Waals surface area contributed by atoms with Gasteiger partial charge in [-0.3, -0.25) is 10.1 Å². The normalized spacial score (nSPS) is 13.4. The number of rotatable bonds is 4. The topological polar surface area (TPSA) is 84.4 Å². The lowest BCUT2D eigenvalue weighted by molar-refractivity contribution is 0.0224. The molecule has 0 radical (unpaired) electrons. The second-order valence-electron chi connectivity index (χ2n) is 9.95. The van der Waals surface area contributed by atoms with Crippen LogP contribution in [0.4, 0.5) is 9.93 Å². The smallest absolute Gasteiger partial charge is 0.410 e. The van der Waals surface area contributed by atoms with Crippen LogP contribution in [-0.2, 0) is 24.1 Å². The minimum atomic E-state index is -0.528. The van der Waals surface area contributed by atoms with Gasteiger partial charge < -0.3 is 9.64 Å². The van der Waals surface area contributed by atoms with Crippen molar-refractivity contribution in [3.8, 4) is 0 Å². The molecule has 36 heavy (non-hydrogen) atoms. The Morgan fingerprint density at radius 1 is 1.00 bits per heavy atom. The van der Waals surface area contributed by atoms with Crippen LogP contribution in [0.5, 0.6) is 0 Å². The highest BCUT2D eigenvalue weighted by Gasteiger charge is 2.26. The van der Waals surface area contributed by atoms with Gasteiger partial charge in [0.25, 0.3) is 5.91 Å². The van der Waals surface area contributed by atoms with Gasteiger partial charge in [0, 0.05) is 25.1 Å². The molecule has 1 aliphatic heterocycles. The first-order chi connectivity index (χ1) is 17.2. The number of benzene rings is 3. The van der Waals surface area contributed by atoms with Gasteiger partial charge in [-0.05, 0) is 66.8 Å². The predicted molar refractivity (Wildman–Crippen MR) is 141 cm³/mol. The molecule has 1 N–H and O–H groups in total. The maximum absolute atomic E-state index is 12.9. The summed E-state index contributed by atoms with van der Waals surface area (Å²) in [6.07, 6.45) is 1.02. The molecule has 2 heterocycles. The first-order valence-corrected chi connectivity index (χ1v) is 12.8. The van der Waals surface area contributed by atoms with E-state index in [1.807, 2.05) is 45.0 Å². The maximum Gasteiger partial charge on any atom is 0.410 e. The molecule has 0 fully saturated rings. The summed E-state index contributed by atoms with van der Waals surface area (Å²) in [4.78, 5) is 27.0. The minimum Gasteiger partial charge on any atom is -0.444 e. The average Bonchev–Trinajstić information content (AvgIpc) is 3.28. The lowest BCUT2D eigenvalue weighted by Crippen LogP contribution is -2.39. The molecule has 1 aliphatic rings. The van der Waals surface area contributed by atoms with E-state index in [9.17, 15) is 9.59 Å². The van der Waals surface area contributed by atoms with Crippen LogP contribution in [0.1, 0.15) is 52.8 Å². The van der Waals surface area contributed by atoms with Crippen molar-refractivity contribution in [2.24, 2.45) is 0 Å². The third-order valence-electron chi connectivity index (χ3n) is 5.99. The summed E-state index contributed by atoms with van der Waals surface area (Å²) >= 11 is 1.38. The highest BCUT2D eigenvalue weighted by atomic mass is 32.1. The lowest BCUT2D eigenvalue weighted by Gasteiger charge is -2.31. The number of ether oxygens (including phenoxy) is 1. The molecule has 0 bridgehead atoms. The van der Waals surface area contributed by atoms with Gasteiger partial charge in [0.05, 0.1) is 0 Å². The summed E-state index contributed by atoms with van der Waals surface area (Å²) in [6.45, 7) is 6.61. The Balaban J connectivity index is 1.22. The Labute approximate surface area is 214 Å². The zero-order valence-electron chi connectivity index (χ0n) is 20.6. The van der Waals surface area contributed by atoms with Crippen LogP contribution in [0.3, 0.4) is 0 Å². The van der Waals surface area contributed by atoms with Crippen LogP contribution in [0, 0.1) is 0 Å². The predicted octanol–water partition coefficient (Wildman–Crippen LogP) is 5.83. The van der Waals surface area contributed by atoms with Gasteiger partial charge in [0.15, 0.2) is 0 Å². The van der Waals surface area contributed by atoms with E-state index in [0.29, 0.717) is 36.6 Å². The van der Waals surface area contributed by atoms with Crippen molar-refractivity contribution in [2.45, 2.75) is 45.8 Å². The van der Waals surface area contributed by atoms with Gasteiger partial charge in [-0.2, -0.15) is 0 Å². The number of amides is 2. The van der Waals surface area contributed by atoms with Crippen LogP contribution < -0.4 is 5.32 Å². The molecule has 0 saturated heterocycles. The van der Waals surface area contributed by atoms with E-state index in [-0.39, 0.29) is 12.0 Å². The van der Waals surface area contributed by atoms with Crippen molar-refractivity contribution < 1.29 is 14.3 Å². The van der Waals surface area contributed by atoms with Gasteiger partial charge in [-0.25, -0.2) is 4.79 Å². The summed E-state index contributed by atoms with van der Waals surface area (Å²) in [5, 5.41) is 15.0. The molecule has 0 spiro atoms. The lowest BCUT2D eigenvalue weighted by atomic mass is 9.97. The monoisotopic (exact) mass is 500 g/mol. The molecule has 184 valence electrons. The Hall–Kier alpha value is -3.78. The second-order valence-corrected chi connectivity index (χ2v) is 11.0. The Morgan fingerprint density at radius 2 is 1.81 bits per heavy atom. The molecule has 7 nitrogen and oxygen atoms in total. The molecule has 2 amide bonds. The fourth-order valence-corrected chi connectivity index (χ4v) is 5.01. The van der Waals surface area contributed by atoms with Crippen LogP contribution in [-0.4, -0.2) is 39.2 Å². The average molecular weight is 501 g/mol. The van der Waals surface area contributed by atoms with Gasteiger partial charge in [0.1, 0.15) is 10.6 Å². The number of anilines is 1. The molecule has 4 aromatic rings. The third kappa shape index (κ3) is 5.54. The third-order valence-corrected chi connectivity index (χ3v) is 6.83. The molecule has 1 aromatic heterocycles. The zero-order valence-corrected chi connectivity index (χ0v) is 21.4. The number of carbonyl (C=O) groups is 2. The Bertz CT molecular complexity index is 1440. The summed E-state index contributed by atoms with van der Waals surface area (Å²) in [5.41, 5.74) is 3.27. The van der Waals surface area contributed by atoms with Crippen LogP contribution in [0.25, 0.3) is 10.8 Å². The number of nitrogens with zero attached hydrogens (tertiary/aromatic N) is 3. The van der Waals surface area contributed by atoms with Crippen molar-refractivity contribution in [1.82, 2.24) is 15.1 Å². The molecular formula is C28H28N4O3S. The highest BCUT2D eigenvalue weighted by molar-refractivity contribution is 7.15. The summed E-state index contributed by atoms with van der Waals surface area (Å²) in [7, 11) is 0. The van der Waals surface area contributed by atoms with E-state index in [2.05, 4.69) is 45.8 Å². The molecule has 0 unspecified atom stereocenters. The van der Waals surface area contributed by atoms with Crippen molar-refractivity contribution in [3.63, 3.8) is 0 Å². The number of hydrogen-bond donors (Lipinski definition) is 1. The minimum absolute atomic E-state index is 0.222. The van der Waals surface area contributed by atoms with Crippen molar-refractivity contribution in [1.29, 1.82) is 0 Å². The van der Waals surface area contributed by atoms with Crippen molar-refractivity contribution in [2.75, 3.05) is 11.9 Å². The zero-order chi connectivity index (χ0) is 25.3. The highest BCUT2D eigenvalue weighted by Crippen LogP contribution is 2.25. The SMILES string of the molecule is CC(C)(C)OC(=O)N1CCc2cc(C(=O)Nc3nnc(Cc4ccc5ccccc5c4)s3)ccc2C1. The van der Waals surface area contributed by atoms with Gasteiger partial charge in [-0.15, -0.1) is 10.2 Å². The molecule has 3 aromatic carbocycles. The van der Waals surface area contributed by atoms with Crippen LogP contribution >= 0.6 is 11.3 Å². The molecule has 0 saturated carbocycles. The maximum atomic E-state index is 12.9. The first kappa shape index (κ1) is 23.9. The molecule has 8 heteroatoms. The molecule has 0 atom stereocenters. The standard InChI is InChI=1S/C28H28N4O3S/c1-28(2,3)35-27(34)32-13-12-21-16-22(10-11-23(21)17-32)25(33)29-26-31-30-24(36-26)15-18-8-9-19-6-4-5-7-20(19)14-18/h4-11,14,16H,12-13,15,17H2,1-3H3,(H,29,31,33). The number of aromatic nitrogens is 2. The van der Waals surface area contributed by atoms with Crippen LogP contribution in [0.15, 0.2) is 60.7 Å². The van der Waals surface area contributed by atoms with Gasteiger partial charge in [-0.1, -0.05) is 59.9 Å². The van der Waals surface area contributed by atoms with Crippen molar-refractivity contribution >= 4 is 39.2 Å². The molecular weight excluding hydrogens is 472 g/mol.